The standard InChI is InChI=1S/C16H25NO3/c1-3-11-16(2,20)15(19)17-14(10-7-12-18)13-8-5-4-6-9-13/h4-6,8-9,14,18,20H,3,7,10-12H2,1-2H3,(H,17,19). The van der Waals surface area contributed by atoms with Gasteiger partial charge in [0.1, 0.15) is 5.60 Å². The first kappa shape index (κ1) is 16.7. The van der Waals surface area contributed by atoms with E-state index in [1.165, 1.54) is 0 Å². The number of carbonyl (C=O) groups excluding carboxylic acids is 1. The molecule has 1 aromatic carbocycles. The molecule has 112 valence electrons. The van der Waals surface area contributed by atoms with Gasteiger partial charge in [0.25, 0.3) is 5.91 Å². The third kappa shape index (κ3) is 4.94. The summed E-state index contributed by atoms with van der Waals surface area (Å²) in [5, 5.41) is 22.0. The van der Waals surface area contributed by atoms with E-state index in [2.05, 4.69) is 5.32 Å². The highest BCUT2D eigenvalue weighted by molar-refractivity contribution is 5.84. The van der Waals surface area contributed by atoms with Gasteiger partial charge in [-0.2, -0.15) is 0 Å². The molecule has 1 rings (SSSR count). The van der Waals surface area contributed by atoms with Crippen molar-refractivity contribution in [3.63, 3.8) is 0 Å². The summed E-state index contributed by atoms with van der Waals surface area (Å²) in [6.07, 6.45) is 2.43. The lowest BCUT2D eigenvalue weighted by Gasteiger charge is -2.26. The van der Waals surface area contributed by atoms with E-state index in [-0.39, 0.29) is 18.6 Å². The van der Waals surface area contributed by atoms with Crippen LogP contribution in [0.3, 0.4) is 0 Å². The van der Waals surface area contributed by atoms with E-state index >= 15 is 0 Å². The van der Waals surface area contributed by atoms with E-state index in [0.29, 0.717) is 19.3 Å². The zero-order valence-corrected chi connectivity index (χ0v) is 12.3. The summed E-state index contributed by atoms with van der Waals surface area (Å²) in [7, 11) is 0. The Kier molecular flexibility index (Phi) is 6.68. The molecule has 0 aliphatic rings. The molecule has 4 heteroatoms. The van der Waals surface area contributed by atoms with Crippen molar-refractivity contribution in [3.8, 4) is 0 Å². The maximum Gasteiger partial charge on any atom is 0.252 e. The maximum absolute atomic E-state index is 12.2. The molecule has 0 saturated heterocycles. The molecule has 0 heterocycles. The molecule has 0 spiro atoms. The van der Waals surface area contributed by atoms with Crippen LogP contribution in [0.4, 0.5) is 0 Å². The molecule has 0 aliphatic carbocycles. The number of aliphatic hydroxyl groups excluding tert-OH is 1. The van der Waals surface area contributed by atoms with Gasteiger partial charge in [0.05, 0.1) is 6.04 Å². The van der Waals surface area contributed by atoms with Crippen LogP contribution in [0.5, 0.6) is 0 Å². The Labute approximate surface area is 120 Å². The van der Waals surface area contributed by atoms with E-state index in [1.807, 2.05) is 37.3 Å². The van der Waals surface area contributed by atoms with E-state index in [1.54, 1.807) is 6.92 Å². The topological polar surface area (TPSA) is 69.6 Å². The number of amides is 1. The zero-order valence-electron chi connectivity index (χ0n) is 12.3. The lowest BCUT2D eigenvalue weighted by Crippen LogP contribution is -2.45. The Morgan fingerprint density at radius 2 is 2.00 bits per heavy atom. The highest BCUT2D eigenvalue weighted by atomic mass is 16.3. The molecule has 0 aromatic heterocycles. The second-order valence-electron chi connectivity index (χ2n) is 5.33. The van der Waals surface area contributed by atoms with Gasteiger partial charge >= 0.3 is 0 Å². The van der Waals surface area contributed by atoms with Crippen molar-refractivity contribution in [1.82, 2.24) is 5.32 Å². The third-order valence-corrected chi connectivity index (χ3v) is 3.38. The first-order valence-electron chi connectivity index (χ1n) is 7.20. The monoisotopic (exact) mass is 279 g/mol. The zero-order chi connectivity index (χ0) is 15.0. The highest BCUT2D eigenvalue weighted by Gasteiger charge is 2.30. The predicted octanol–water partition coefficient (Wildman–Crippen LogP) is 2.17. The number of rotatable bonds is 8. The van der Waals surface area contributed by atoms with Crippen LogP contribution in [0.1, 0.15) is 51.1 Å². The molecule has 1 amide bonds. The summed E-state index contributed by atoms with van der Waals surface area (Å²) in [5.41, 5.74) is -0.359. The van der Waals surface area contributed by atoms with Gasteiger partial charge < -0.3 is 15.5 Å². The fourth-order valence-corrected chi connectivity index (χ4v) is 2.22. The Morgan fingerprint density at radius 3 is 2.55 bits per heavy atom. The molecule has 2 atom stereocenters. The SMILES string of the molecule is CCCC(C)(O)C(=O)NC(CCCO)c1ccccc1. The second-order valence-corrected chi connectivity index (χ2v) is 5.33. The summed E-state index contributed by atoms with van der Waals surface area (Å²) in [4.78, 5) is 12.2. The Morgan fingerprint density at radius 1 is 1.35 bits per heavy atom. The van der Waals surface area contributed by atoms with Gasteiger partial charge in [-0.05, 0) is 31.7 Å². The molecule has 0 saturated carbocycles. The molecular formula is C16H25NO3. The van der Waals surface area contributed by atoms with E-state index in [4.69, 9.17) is 5.11 Å². The van der Waals surface area contributed by atoms with Crippen LogP contribution in [0.15, 0.2) is 30.3 Å². The molecule has 0 aliphatic heterocycles. The average Bonchev–Trinajstić information content (AvgIpc) is 2.44. The van der Waals surface area contributed by atoms with Crippen molar-refractivity contribution < 1.29 is 15.0 Å². The minimum Gasteiger partial charge on any atom is -0.396 e. The van der Waals surface area contributed by atoms with Crippen LogP contribution in [0, 0.1) is 0 Å². The third-order valence-electron chi connectivity index (χ3n) is 3.38. The van der Waals surface area contributed by atoms with Crippen molar-refractivity contribution in [2.24, 2.45) is 0 Å². The van der Waals surface area contributed by atoms with Gasteiger partial charge in [0, 0.05) is 6.61 Å². The van der Waals surface area contributed by atoms with Crippen molar-refractivity contribution >= 4 is 5.91 Å². The Hall–Kier alpha value is -1.39. The van der Waals surface area contributed by atoms with Crippen LogP contribution >= 0.6 is 0 Å². The van der Waals surface area contributed by atoms with Crippen LogP contribution in [0.25, 0.3) is 0 Å². The van der Waals surface area contributed by atoms with Gasteiger partial charge in [-0.1, -0.05) is 43.7 Å². The van der Waals surface area contributed by atoms with Crippen LogP contribution in [-0.4, -0.2) is 28.3 Å². The van der Waals surface area contributed by atoms with Gasteiger partial charge in [-0.25, -0.2) is 0 Å². The molecule has 3 N–H and O–H groups in total. The van der Waals surface area contributed by atoms with Crippen LogP contribution in [-0.2, 0) is 4.79 Å². The van der Waals surface area contributed by atoms with Gasteiger partial charge in [-0.3, -0.25) is 4.79 Å². The van der Waals surface area contributed by atoms with Gasteiger partial charge in [0.2, 0.25) is 0 Å². The Bertz CT molecular complexity index is 403. The number of aliphatic hydroxyl groups is 2. The molecule has 0 fully saturated rings. The van der Waals surface area contributed by atoms with Crippen LogP contribution in [0.2, 0.25) is 0 Å². The normalized spacial score (nSPS) is 15.4. The summed E-state index contributed by atoms with van der Waals surface area (Å²) in [6, 6.07) is 9.45. The molecule has 4 nitrogen and oxygen atoms in total. The molecule has 0 bridgehead atoms. The quantitative estimate of drug-likeness (QED) is 0.683. The molecular weight excluding hydrogens is 254 g/mol. The summed E-state index contributed by atoms with van der Waals surface area (Å²) < 4.78 is 0. The van der Waals surface area contributed by atoms with Crippen molar-refractivity contribution in [2.45, 2.75) is 51.2 Å². The van der Waals surface area contributed by atoms with E-state index in [9.17, 15) is 9.90 Å². The smallest absolute Gasteiger partial charge is 0.252 e. The fraction of sp³-hybridized carbons (Fsp3) is 0.562. The van der Waals surface area contributed by atoms with Gasteiger partial charge in [0.15, 0.2) is 0 Å². The Balaban J connectivity index is 2.77. The lowest BCUT2D eigenvalue weighted by molar-refractivity contribution is -0.139. The highest BCUT2D eigenvalue weighted by Crippen LogP contribution is 2.20. The number of hydrogen-bond acceptors (Lipinski definition) is 3. The van der Waals surface area contributed by atoms with Crippen molar-refractivity contribution in [3.05, 3.63) is 35.9 Å². The number of benzene rings is 1. The first-order valence-corrected chi connectivity index (χ1v) is 7.20. The molecule has 0 radical (unpaired) electrons. The van der Waals surface area contributed by atoms with Crippen molar-refractivity contribution in [1.29, 1.82) is 0 Å². The second kappa shape index (κ2) is 8.02. The summed E-state index contributed by atoms with van der Waals surface area (Å²) >= 11 is 0. The summed E-state index contributed by atoms with van der Waals surface area (Å²) in [5.74, 6) is -0.355. The first-order chi connectivity index (χ1) is 9.51. The van der Waals surface area contributed by atoms with Gasteiger partial charge in [-0.15, -0.1) is 0 Å². The van der Waals surface area contributed by atoms with E-state index < -0.39 is 5.60 Å². The maximum atomic E-state index is 12.2. The predicted molar refractivity (Wildman–Crippen MR) is 79.2 cm³/mol. The number of carbonyl (C=O) groups is 1. The van der Waals surface area contributed by atoms with Crippen LogP contribution < -0.4 is 5.32 Å². The fourth-order valence-electron chi connectivity index (χ4n) is 2.22. The molecule has 1 aromatic rings. The number of hydrogen-bond donors (Lipinski definition) is 3. The minimum atomic E-state index is -1.35. The molecule has 2 unspecified atom stereocenters. The van der Waals surface area contributed by atoms with E-state index in [0.717, 1.165) is 12.0 Å². The number of nitrogens with one attached hydrogen (secondary N) is 1. The molecule has 20 heavy (non-hydrogen) atoms. The minimum absolute atomic E-state index is 0.0879. The lowest BCUT2D eigenvalue weighted by atomic mass is 9.97. The largest absolute Gasteiger partial charge is 0.396 e. The summed E-state index contributed by atoms with van der Waals surface area (Å²) in [6.45, 7) is 3.56. The average molecular weight is 279 g/mol. The van der Waals surface area contributed by atoms with Crippen molar-refractivity contribution in [2.75, 3.05) is 6.61 Å².